The maximum atomic E-state index is 12.2. The van der Waals surface area contributed by atoms with Gasteiger partial charge in [-0.2, -0.15) is 0 Å². The number of ether oxygens (including phenoxy) is 2. The fourth-order valence-electron chi connectivity index (χ4n) is 2.33. The summed E-state index contributed by atoms with van der Waals surface area (Å²) in [5.74, 6) is 0.382. The van der Waals surface area contributed by atoms with Crippen LogP contribution in [0.5, 0.6) is 11.5 Å². The molecule has 0 atom stereocenters. The van der Waals surface area contributed by atoms with E-state index in [1.54, 1.807) is 18.2 Å². The number of nitrogens with one attached hydrogen (secondary N) is 2. The van der Waals surface area contributed by atoms with E-state index < -0.39 is 11.8 Å². The van der Waals surface area contributed by atoms with Crippen LogP contribution in [0.3, 0.4) is 0 Å². The molecule has 0 aromatic heterocycles. The quantitative estimate of drug-likeness (QED) is 0.679. The Morgan fingerprint density at radius 3 is 2.37 bits per heavy atom. The lowest BCUT2D eigenvalue weighted by Crippen LogP contribution is -2.43. The monoisotopic (exact) mass is 434 g/mol. The minimum atomic E-state index is -0.456. The van der Waals surface area contributed by atoms with Crippen LogP contribution in [0.15, 0.2) is 40.9 Å². The maximum Gasteiger partial charge on any atom is 0.276 e. The summed E-state index contributed by atoms with van der Waals surface area (Å²) in [5.41, 5.74) is 7.15. The minimum Gasteiger partial charge on any atom is -0.490 e. The Morgan fingerprint density at radius 1 is 1.04 bits per heavy atom. The third-order valence-electron chi connectivity index (χ3n) is 3.56. The van der Waals surface area contributed by atoms with Crippen molar-refractivity contribution in [1.82, 2.24) is 10.9 Å². The first kappa shape index (κ1) is 20.8. The molecule has 2 rings (SSSR count). The molecule has 0 fully saturated rings. The Morgan fingerprint density at radius 2 is 1.74 bits per heavy atom. The SMILES string of the molecule is Cc1ccc(OCC(=O)NNC(=O)c2ccc(OC(C)C)c(Br)c2)c(C)c1. The van der Waals surface area contributed by atoms with Crippen molar-refractivity contribution in [3.63, 3.8) is 0 Å². The number of aryl methyl sites for hydroxylation is 2. The molecule has 0 unspecified atom stereocenters. The summed E-state index contributed by atoms with van der Waals surface area (Å²) in [6.07, 6.45) is 0.0254. The van der Waals surface area contributed by atoms with Crippen LogP contribution in [-0.4, -0.2) is 24.5 Å². The number of hydrazine groups is 1. The average molecular weight is 435 g/mol. The van der Waals surface area contributed by atoms with Crippen LogP contribution < -0.4 is 20.3 Å². The molecule has 0 aliphatic carbocycles. The molecule has 27 heavy (non-hydrogen) atoms. The molecule has 7 heteroatoms. The number of hydrogen-bond acceptors (Lipinski definition) is 4. The van der Waals surface area contributed by atoms with Crippen LogP contribution in [0.2, 0.25) is 0 Å². The maximum absolute atomic E-state index is 12.2. The highest BCUT2D eigenvalue weighted by Gasteiger charge is 2.12. The molecule has 6 nitrogen and oxygen atoms in total. The van der Waals surface area contributed by atoms with E-state index in [0.717, 1.165) is 11.1 Å². The fourth-order valence-corrected chi connectivity index (χ4v) is 2.80. The predicted molar refractivity (Wildman–Crippen MR) is 107 cm³/mol. The van der Waals surface area contributed by atoms with Gasteiger partial charge in [-0.25, -0.2) is 0 Å². The standard InChI is InChI=1S/C20H23BrN2O4/c1-12(2)27-18-8-6-15(10-16(18)21)20(25)23-22-19(24)11-26-17-7-5-13(3)9-14(17)4/h5-10,12H,11H2,1-4H3,(H,22,24)(H,23,25). The third kappa shape index (κ3) is 6.29. The first-order valence-corrected chi connectivity index (χ1v) is 9.31. The molecule has 0 saturated heterocycles. The van der Waals surface area contributed by atoms with Crippen LogP contribution in [0.1, 0.15) is 35.3 Å². The molecule has 2 aromatic carbocycles. The highest BCUT2D eigenvalue weighted by Crippen LogP contribution is 2.26. The van der Waals surface area contributed by atoms with E-state index in [9.17, 15) is 9.59 Å². The van der Waals surface area contributed by atoms with Crippen LogP contribution in [0.4, 0.5) is 0 Å². The van der Waals surface area contributed by atoms with Crippen LogP contribution in [0.25, 0.3) is 0 Å². The summed E-state index contributed by atoms with van der Waals surface area (Å²) in [6, 6.07) is 10.6. The fraction of sp³-hybridized carbons (Fsp3) is 0.300. The first-order chi connectivity index (χ1) is 12.8. The minimum absolute atomic E-state index is 0.0254. The van der Waals surface area contributed by atoms with Crippen molar-refractivity contribution in [2.24, 2.45) is 0 Å². The highest BCUT2D eigenvalue weighted by atomic mass is 79.9. The van der Waals surface area contributed by atoms with E-state index in [4.69, 9.17) is 9.47 Å². The van der Waals surface area contributed by atoms with E-state index in [1.807, 2.05) is 45.9 Å². The van der Waals surface area contributed by atoms with Gasteiger partial charge in [-0.1, -0.05) is 17.7 Å². The molecule has 2 N–H and O–H groups in total. The van der Waals surface area contributed by atoms with Gasteiger partial charge in [0.15, 0.2) is 6.61 Å². The normalized spacial score (nSPS) is 10.4. The lowest BCUT2D eigenvalue weighted by Gasteiger charge is -2.13. The second-order valence-corrected chi connectivity index (χ2v) is 7.23. The lowest BCUT2D eigenvalue weighted by molar-refractivity contribution is -0.123. The van der Waals surface area contributed by atoms with Gasteiger partial charge < -0.3 is 9.47 Å². The highest BCUT2D eigenvalue weighted by molar-refractivity contribution is 9.10. The number of hydrogen-bond donors (Lipinski definition) is 2. The zero-order chi connectivity index (χ0) is 20.0. The van der Waals surface area contributed by atoms with Gasteiger partial charge in [0.05, 0.1) is 10.6 Å². The molecular formula is C20H23BrN2O4. The van der Waals surface area contributed by atoms with Gasteiger partial charge in [-0.05, 0) is 73.5 Å². The van der Waals surface area contributed by atoms with Gasteiger partial charge in [0.1, 0.15) is 11.5 Å². The van der Waals surface area contributed by atoms with Crippen molar-refractivity contribution >= 4 is 27.7 Å². The number of halogens is 1. The largest absolute Gasteiger partial charge is 0.490 e. The Bertz CT molecular complexity index is 837. The van der Waals surface area contributed by atoms with Crippen molar-refractivity contribution in [3.05, 3.63) is 57.6 Å². The third-order valence-corrected chi connectivity index (χ3v) is 4.18. The van der Waals surface area contributed by atoms with E-state index in [-0.39, 0.29) is 12.7 Å². The Labute approximate surface area is 167 Å². The van der Waals surface area contributed by atoms with Gasteiger partial charge in [0.25, 0.3) is 11.8 Å². The topological polar surface area (TPSA) is 76.7 Å². The number of benzene rings is 2. The van der Waals surface area contributed by atoms with Crippen molar-refractivity contribution in [2.45, 2.75) is 33.8 Å². The number of carbonyl (C=O) groups is 2. The van der Waals surface area contributed by atoms with Gasteiger partial charge in [0.2, 0.25) is 0 Å². The van der Waals surface area contributed by atoms with E-state index in [2.05, 4.69) is 26.8 Å². The molecule has 0 radical (unpaired) electrons. The Hall–Kier alpha value is -2.54. The van der Waals surface area contributed by atoms with Crippen LogP contribution in [-0.2, 0) is 4.79 Å². The van der Waals surface area contributed by atoms with Gasteiger partial charge in [0, 0.05) is 5.56 Å². The van der Waals surface area contributed by atoms with E-state index in [1.165, 1.54) is 0 Å². The van der Waals surface area contributed by atoms with Crippen molar-refractivity contribution in [2.75, 3.05) is 6.61 Å². The summed E-state index contributed by atoms with van der Waals surface area (Å²) in [6.45, 7) is 7.53. The molecule has 0 bridgehead atoms. The van der Waals surface area contributed by atoms with Crippen LogP contribution in [0, 0.1) is 13.8 Å². The number of rotatable bonds is 6. The summed E-state index contributed by atoms with van der Waals surface area (Å²) in [5, 5.41) is 0. The summed E-state index contributed by atoms with van der Waals surface area (Å²) in [4.78, 5) is 24.1. The summed E-state index contributed by atoms with van der Waals surface area (Å²) < 4.78 is 11.7. The van der Waals surface area contributed by atoms with E-state index in [0.29, 0.717) is 21.5 Å². The molecule has 0 aliphatic heterocycles. The number of carbonyl (C=O) groups excluding carboxylic acids is 2. The molecule has 2 amide bonds. The zero-order valence-corrected chi connectivity index (χ0v) is 17.3. The molecule has 2 aromatic rings. The molecular weight excluding hydrogens is 412 g/mol. The molecule has 0 aliphatic rings. The average Bonchev–Trinajstić information content (AvgIpc) is 2.60. The van der Waals surface area contributed by atoms with Crippen molar-refractivity contribution in [1.29, 1.82) is 0 Å². The van der Waals surface area contributed by atoms with Crippen LogP contribution >= 0.6 is 15.9 Å². The lowest BCUT2D eigenvalue weighted by atomic mass is 10.1. The Kier molecular flexibility index (Phi) is 7.24. The molecule has 0 spiro atoms. The smallest absolute Gasteiger partial charge is 0.276 e. The number of amides is 2. The molecule has 0 heterocycles. The molecule has 144 valence electrons. The zero-order valence-electron chi connectivity index (χ0n) is 15.8. The van der Waals surface area contributed by atoms with E-state index >= 15 is 0 Å². The molecule has 0 saturated carbocycles. The second-order valence-electron chi connectivity index (χ2n) is 6.37. The van der Waals surface area contributed by atoms with Gasteiger partial charge >= 0.3 is 0 Å². The van der Waals surface area contributed by atoms with Crippen molar-refractivity contribution < 1.29 is 19.1 Å². The second kappa shape index (κ2) is 9.41. The summed E-state index contributed by atoms with van der Waals surface area (Å²) in [7, 11) is 0. The Balaban J connectivity index is 1.85. The first-order valence-electron chi connectivity index (χ1n) is 8.51. The predicted octanol–water partition coefficient (Wildman–Crippen LogP) is 3.69. The van der Waals surface area contributed by atoms with Gasteiger partial charge in [-0.3, -0.25) is 20.4 Å². The summed E-state index contributed by atoms with van der Waals surface area (Å²) >= 11 is 3.37. The van der Waals surface area contributed by atoms with Crippen molar-refractivity contribution in [3.8, 4) is 11.5 Å². The van der Waals surface area contributed by atoms with Gasteiger partial charge in [-0.15, -0.1) is 0 Å².